The van der Waals surface area contributed by atoms with Gasteiger partial charge in [0.05, 0.1) is 7.11 Å². The third-order valence-electron chi connectivity index (χ3n) is 6.69. The smallest absolute Gasteiger partial charge is 0.159 e. The van der Waals surface area contributed by atoms with Gasteiger partial charge in [-0.3, -0.25) is 0 Å². The summed E-state index contributed by atoms with van der Waals surface area (Å²) in [4.78, 5) is 2.47. The Hall–Kier alpha value is -2.30. The highest BCUT2D eigenvalue weighted by atomic mass is 16.7. The first-order valence-corrected chi connectivity index (χ1v) is 10.9. The largest absolute Gasteiger partial charge is 0.497 e. The Kier molecular flexibility index (Phi) is 6.45. The van der Waals surface area contributed by atoms with Gasteiger partial charge in [-0.2, -0.15) is 0 Å². The fourth-order valence-electron chi connectivity index (χ4n) is 4.89. The summed E-state index contributed by atoms with van der Waals surface area (Å²) in [7, 11) is 5.20. The molecule has 0 aromatic heterocycles. The highest BCUT2D eigenvalue weighted by Crippen LogP contribution is 2.39. The quantitative estimate of drug-likeness (QED) is 0.594. The van der Waals surface area contributed by atoms with Crippen molar-refractivity contribution in [1.29, 1.82) is 0 Å². The first-order chi connectivity index (χ1) is 14.6. The minimum absolute atomic E-state index is 0.0890. The molecular formula is C26H33NO3. The van der Waals surface area contributed by atoms with Crippen LogP contribution in [0.25, 0.3) is 5.57 Å². The number of hydrogen-bond donors (Lipinski definition) is 0. The summed E-state index contributed by atoms with van der Waals surface area (Å²) >= 11 is 0. The van der Waals surface area contributed by atoms with Crippen LogP contribution in [0.4, 0.5) is 5.69 Å². The maximum Gasteiger partial charge on any atom is 0.159 e. The van der Waals surface area contributed by atoms with E-state index < -0.39 is 0 Å². The van der Waals surface area contributed by atoms with Crippen molar-refractivity contribution >= 4 is 11.3 Å². The van der Waals surface area contributed by atoms with Gasteiger partial charge in [-0.05, 0) is 71.7 Å². The first-order valence-electron chi connectivity index (χ1n) is 10.9. The molecule has 0 spiro atoms. The van der Waals surface area contributed by atoms with Crippen molar-refractivity contribution in [1.82, 2.24) is 0 Å². The Balaban J connectivity index is 1.49. The molecule has 4 rings (SSSR count). The summed E-state index contributed by atoms with van der Waals surface area (Å²) in [5, 5.41) is 0. The van der Waals surface area contributed by atoms with Crippen molar-refractivity contribution in [3.8, 4) is 5.75 Å². The molecule has 1 atom stereocenters. The summed E-state index contributed by atoms with van der Waals surface area (Å²) in [6.45, 7) is 4.36. The van der Waals surface area contributed by atoms with Crippen molar-refractivity contribution in [3.63, 3.8) is 0 Å². The van der Waals surface area contributed by atoms with Crippen LogP contribution in [0.5, 0.6) is 5.75 Å². The van der Waals surface area contributed by atoms with Crippen LogP contribution in [-0.4, -0.2) is 40.7 Å². The predicted octanol–water partition coefficient (Wildman–Crippen LogP) is 5.47. The normalized spacial score (nSPS) is 19.6. The van der Waals surface area contributed by atoms with Crippen LogP contribution in [0.3, 0.4) is 0 Å². The van der Waals surface area contributed by atoms with Crippen molar-refractivity contribution in [3.05, 3.63) is 65.2 Å². The van der Waals surface area contributed by atoms with Crippen LogP contribution in [0.1, 0.15) is 48.8 Å². The minimum atomic E-state index is -0.0890. The lowest BCUT2D eigenvalue weighted by Crippen LogP contribution is -2.39. The van der Waals surface area contributed by atoms with E-state index in [1.807, 2.05) is 0 Å². The number of fused-ring (bicyclic) bond motifs is 1. The Morgan fingerprint density at radius 3 is 2.27 bits per heavy atom. The van der Waals surface area contributed by atoms with E-state index in [-0.39, 0.29) is 6.29 Å². The monoisotopic (exact) mass is 407 g/mol. The molecule has 0 saturated carbocycles. The summed E-state index contributed by atoms with van der Waals surface area (Å²) < 4.78 is 16.4. The molecule has 1 saturated heterocycles. The van der Waals surface area contributed by atoms with E-state index in [9.17, 15) is 0 Å². The Morgan fingerprint density at radius 1 is 0.933 bits per heavy atom. The van der Waals surface area contributed by atoms with E-state index in [1.54, 1.807) is 21.3 Å². The zero-order valence-electron chi connectivity index (χ0n) is 18.6. The summed E-state index contributed by atoms with van der Waals surface area (Å²) in [6, 6.07) is 15.5. The molecule has 1 aliphatic carbocycles. The fraction of sp³-hybridized carbons (Fsp3) is 0.462. The van der Waals surface area contributed by atoms with E-state index in [2.05, 4.69) is 60.4 Å². The fourth-order valence-corrected chi connectivity index (χ4v) is 4.89. The lowest BCUT2D eigenvalue weighted by Gasteiger charge is -2.36. The van der Waals surface area contributed by atoms with Gasteiger partial charge in [0.25, 0.3) is 0 Å². The standard InChI is InChI=1S/C26H33NO3/c1-18-5-11-23(24-12-10-22(28-2)17-25(18)24)19-6-8-21(9-7-19)27-15-13-20(14-16-27)26(29-3)30-4/h6-12,17-18,20,26H,5,13-16H2,1-4H3. The molecule has 30 heavy (non-hydrogen) atoms. The molecule has 2 aromatic carbocycles. The molecule has 4 heteroatoms. The van der Waals surface area contributed by atoms with Crippen molar-refractivity contribution < 1.29 is 14.2 Å². The van der Waals surface area contributed by atoms with Crippen molar-refractivity contribution in [2.75, 3.05) is 39.3 Å². The van der Waals surface area contributed by atoms with Crippen LogP contribution in [-0.2, 0) is 9.47 Å². The van der Waals surface area contributed by atoms with Gasteiger partial charge in [-0.15, -0.1) is 0 Å². The number of anilines is 1. The van der Waals surface area contributed by atoms with Gasteiger partial charge in [-0.25, -0.2) is 0 Å². The van der Waals surface area contributed by atoms with E-state index in [1.165, 1.54) is 28.0 Å². The molecule has 1 aliphatic heterocycles. The Morgan fingerprint density at radius 2 is 1.63 bits per heavy atom. The molecule has 1 fully saturated rings. The molecule has 0 N–H and O–H groups in total. The van der Waals surface area contributed by atoms with Crippen LogP contribution in [0, 0.1) is 5.92 Å². The van der Waals surface area contributed by atoms with Gasteiger partial charge < -0.3 is 19.1 Å². The second-order valence-corrected chi connectivity index (χ2v) is 8.42. The number of piperidine rings is 1. The van der Waals surface area contributed by atoms with Gasteiger partial charge in [0.1, 0.15) is 5.75 Å². The molecular weight excluding hydrogens is 374 g/mol. The SMILES string of the molecule is COc1ccc2c(c1)C(C)CC=C2c1ccc(N2CCC(C(OC)OC)CC2)cc1. The number of methoxy groups -OCH3 is 3. The number of nitrogens with zero attached hydrogens (tertiary/aromatic N) is 1. The molecule has 160 valence electrons. The number of benzene rings is 2. The van der Waals surface area contributed by atoms with Gasteiger partial charge in [0.2, 0.25) is 0 Å². The molecule has 0 amide bonds. The Bertz CT molecular complexity index is 878. The molecule has 2 aliphatic rings. The average Bonchev–Trinajstić information content (AvgIpc) is 2.81. The summed E-state index contributed by atoms with van der Waals surface area (Å²) in [5.74, 6) is 1.92. The van der Waals surface area contributed by atoms with Gasteiger partial charge in [0, 0.05) is 38.9 Å². The number of allylic oxidation sites excluding steroid dienone is 1. The molecule has 0 bridgehead atoms. The highest BCUT2D eigenvalue weighted by molar-refractivity contribution is 5.84. The van der Waals surface area contributed by atoms with E-state index in [4.69, 9.17) is 14.2 Å². The second-order valence-electron chi connectivity index (χ2n) is 8.42. The second kappa shape index (κ2) is 9.23. The van der Waals surface area contributed by atoms with Gasteiger partial charge in [-0.1, -0.05) is 31.2 Å². The molecule has 1 heterocycles. The summed E-state index contributed by atoms with van der Waals surface area (Å²) in [5.41, 5.74) is 6.62. The lowest BCUT2D eigenvalue weighted by atomic mass is 9.81. The van der Waals surface area contributed by atoms with E-state index >= 15 is 0 Å². The van der Waals surface area contributed by atoms with Crippen LogP contribution < -0.4 is 9.64 Å². The van der Waals surface area contributed by atoms with Crippen LogP contribution >= 0.6 is 0 Å². The van der Waals surface area contributed by atoms with Gasteiger partial charge >= 0.3 is 0 Å². The number of rotatable bonds is 6. The molecule has 4 nitrogen and oxygen atoms in total. The third-order valence-corrected chi connectivity index (χ3v) is 6.69. The maximum atomic E-state index is 5.46. The first kappa shape index (κ1) is 21.0. The predicted molar refractivity (Wildman–Crippen MR) is 122 cm³/mol. The zero-order valence-corrected chi connectivity index (χ0v) is 18.6. The Labute approximate surface area is 180 Å². The molecule has 1 unspecified atom stereocenters. The average molecular weight is 408 g/mol. The van der Waals surface area contributed by atoms with Crippen molar-refractivity contribution in [2.45, 2.75) is 38.4 Å². The number of ether oxygens (including phenoxy) is 3. The molecule has 0 radical (unpaired) electrons. The van der Waals surface area contributed by atoms with E-state index in [0.29, 0.717) is 11.8 Å². The van der Waals surface area contributed by atoms with Gasteiger partial charge in [0.15, 0.2) is 6.29 Å². The lowest BCUT2D eigenvalue weighted by molar-refractivity contribution is -0.141. The van der Waals surface area contributed by atoms with Crippen LogP contribution in [0.2, 0.25) is 0 Å². The van der Waals surface area contributed by atoms with E-state index in [0.717, 1.165) is 38.1 Å². The molecule has 2 aromatic rings. The van der Waals surface area contributed by atoms with Crippen molar-refractivity contribution in [2.24, 2.45) is 5.92 Å². The maximum absolute atomic E-state index is 5.46. The zero-order chi connectivity index (χ0) is 21.1. The topological polar surface area (TPSA) is 30.9 Å². The van der Waals surface area contributed by atoms with Crippen LogP contribution in [0.15, 0.2) is 48.5 Å². The highest BCUT2D eigenvalue weighted by Gasteiger charge is 2.27. The summed E-state index contributed by atoms with van der Waals surface area (Å²) in [6.07, 6.45) is 5.54. The minimum Gasteiger partial charge on any atom is -0.497 e. The number of hydrogen-bond acceptors (Lipinski definition) is 4. The third kappa shape index (κ3) is 4.12.